The lowest BCUT2D eigenvalue weighted by Crippen LogP contribution is -2.38. The van der Waals surface area contributed by atoms with E-state index < -0.39 is 5.97 Å². The van der Waals surface area contributed by atoms with Crippen LogP contribution in [0.15, 0.2) is 54.3 Å². The molecule has 38 heavy (non-hydrogen) atoms. The third-order valence-electron chi connectivity index (χ3n) is 6.59. The molecule has 0 heterocycles. The maximum atomic E-state index is 12.4. The van der Waals surface area contributed by atoms with Gasteiger partial charge in [-0.1, -0.05) is 38.0 Å². The second-order valence-electron chi connectivity index (χ2n) is 9.93. The molecular weight excluding hydrogens is 487 g/mol. The first-order valence-electron chi connectivity index (χ1n) is 13.3. The minimum atomic E-state index is -1.07. The number of anilines is 2. The lowest BCUT2D eigenvalue weighted by atomic mass is 9.93. The van der Waals surface area contributed by atoms with Gasteiger partial charge in [0.1, 0.15) is 0 Å². The van der Waals surface area contributed by atoms with Gasteiger partial charge < -0.3 is 25.6 Å². The molecule has 0 saturated heterocycles. The molecule has 1 fully saturated rings. The number of hydrogen-bond acceptors (Lipinski definition) is 7. The van der Waals surface area contributed by atoms with Crippen LogP contribution in [0.3, 0.4) is 0 Å². The summed E-state index contributed by atoms with van der Waals surface area (Å²) in [5, 5.41) is 2.88. The largest absolute Gasteiger partial charge is 0.488 e. The summed E-state index contributed by atoms with van der Waals surface area (Å²) >= 11 is 0. The Balaban J connectivity index is 2.04. The van der Waals surface area contributed by atoms with E-state index in [0.29, 0.717) is 24.5 Å². The van der Waals surface area contributed by atoms with E-state index in [2.05, 4.69) is 26.6 Å². The fraction of sp³-hybridized carbons (Fsp3) is 0.517. The van der Waals surface area contributed by atoms with Crippen molar-refractivity contribution in [1.29, 1.82) is 0 Å². The van der Waals surface area contributed by atoms with Crippen LogP contribution < -0.4 is 16.0 Å². The Bertz CT molecular complexity index is 987. The third-order valence-corrected chi connectivity index (χ3v) is 6.59. The molecule has 9 heteroatoms. The van der Waals surface area contributed by atoms with E-state index in [4.69, 9.17) is 10.5 Å². The van der Waals surface area contributed by atoms with E-state index in [-0.39, 0.29) is 24.1 Å². The highest BCUT2D eigenvalue weighted by atomic mass is 19.3. The Kier molecular flexibility index (Phi) is 13.4. The molecule has 3 N–H and O–H groups in total. The average Bonchev–Trinajstić information content (AvgIpc) is 2.92. The molecule has 0 unspecified atom stereocenters. The predicted octanol–water partition coefficient (Wildman–Crippen LogP) is 4.94. The summed E-state index contributed by atoms with van der Waals surface area (Å²) in [6.45, 7) is 7.91. The molecule has 0 radical (unpaired) electrons. The lowest BCUT2D eigenvalue weighted by molar-refractivity contribution is -0.124. The second kappa shape index (κ2) is 16.5. The molecule has 1 saturated carbocycles. The zero-order chi connectivity index (χ0) is 27.9. The van der Waals surface area contributed by atoms with Gasteiger partial charge in [-0.2, -0.15) is 0 Å². The second-order valence-corrected chi connectivity index (χ2v) is 9.93. The number of carbonyl (C=O) groups is 2. The maximum absolute atomic E-state index is 12.4. The van der Waals surface area contributed by atoms with Crippen LogP contribution in [0.4, 0.5) is 15.9 Å². The number of halogens is 1. The monoisotopic (exact) mass is 530 g/mol. The molecule has 1 aliphatic carbocycles. The molecule has 0 aromatic heterocycles. The first-order valence-corrected chi connectivity index (χ1v) is 13.3. The van der Waals surface area contributed by atoms with Crippen molar-refractivity contribution in [2.24, 2.45) is 0 Å². The Morgan fingerprint density at radius 3 is 2.55 bits per heavy atom. The van der Waals surface area contributed by atoms with E-state index >= 15 is 0 Å². The number of nitrogen functional groups attached to an aromatic ring is 1. The van der Waals surface area contributed by atoms with Crippen LogP contribution in [0.1, 0.15) is 62.2 Å². The minimum Gasteiger partial charge on any atom is -0.488 e. The van der Waals surface area contributed by atoms with Crippen LogP contribution >= 0.6 is 0 Å². The molecular formula is C29H43FN4O4. The summed E-state index contributed by atoms with van der Waals surface area (Å²) in [5.74, 6) is -0.600. The number of nitrogens with zero attached hydrogens (tertiary/aromatic N) is 2. The summed E-state index contributed by atoms with van der Waals surface area (Å²) in [7, 11) is 4.06. The quantitative estimate of drug-likeness (QED) is 0.143. The maximum Gasteiger partial charge on any atom is 0.379 e. The normalized spacial score (nSPS) is 14.8. The van der Waals surface area contributed by atoms with E-state index in [9.17, 15) is 14.1 Å². The van der Waals surface area contributed by atoms with Gasteiger partial charge in [0.15, 0.2) is 6.61 Å². The number of hydrogen-bond donors (Lipinski definition) is 2. The molecule has 0 atom stereocenters. The average molecular weight is 531 g/mol. The van der Waals surface area contributed by atoms with Crippen molar-refractivity contribution in [2.45, 2.75) is 57.9 Å². The first-order chi connectivity index (χ1) is 18.2. The van der Waals surface area contributed by atoms with E-state index in [1.54, 1.807) is 19.1 Å². The number of allylic oxidation sites excluding steroid dienone is 3. The van der Waals surface area contributed by atoms with Crippen LogP contribution in [-0.4, -0.2) is 63.2 Å². The van der Waals surface area contributed by atoms with Crippen molar-refractivity contribution < 1.29 is 23.8 Å². The van der Waals surface area contributed by atoms with Crippen molar-refractivity contribution in [2.75, 3.05) is 51.0 Å². The van der Waals surface area contributed by atoms with Crippen LogP contribution in [0.25, 0.3) is 0 Å². The fourth-order valence-corrected chi connectivity index (χ4v) is 4.46. The number of nitrogens with two attached hydrogens (primary N) is 1. The van der Waals surface area contributed by atoms with Gasteiger partial charge in [-0.3, -0.25) is 4.79 Å². The van der Waals surface area contributed by atoms with E-state index in [1.807, 2.05) is 26.2 Å². The first kappa shape index (κ1) is 30.9. The standard InChI is InChI=1S/C29H43FN4O4/c1-5-23(14-13-22(2)37-21-28(35)32-17-9-10-18-33(3)4)20-34(25-11-7-6-8-12-25)27-16-15-24(19-26(27)31)29(36)38-30/h5,13-16,19,25H,1,6-12,17-18,20-21,31H2,2-4H3,(H,32,35)/b22-13+,23-14+. The van der Waals surface area contributed by atoms with Crippen molar-refractivity contribution >= 4 is 23.3 Å². The zero-order valence-corrected chi connectivity index (χ0v) is 23.0. The van der Waals surface area contributed by atoms with Gasteiger partial charge in [-0.25, -0.2) is 9.74 Å². The Morgan fingerprint density at radius 2 is 1.92 bits per heavy atom. The lowest BCUT2D eigenvalue weighted by Gasteiger charge is -2.37. The van der Waals surface area contributed by atoms with Gasteiger partial charge in [0.25, 0.3) is 5.91 Å². The summed E-state index contributed by atoms with van der Waals surface area (Å²) in [6.07, 6.45) is 13.0. The van der Waals surface area contributed by atoms with Crippen molar-refractivity contribution in [1.82, 2.24) is 10.2 Å². The van der Waals surface area contributed by atoms with Gasteiger partial charge >= 0.3 is 5.97 Å². The summed E-state index contributed by atoms with van der Waals surface area (Å²) in [6, 6.07) is 4.97. The highest BCUT2D eigenvalue weighted by molar-refractivity contribution is 5.91. The summed E-state index contributed by atoms with van der Waals surface area (Å²) in [4.78, 5) is 31.3. The summed E-state index contributed by atoms with van der Waals surface area (Å²) in [5.41, 5.74) is 8.46. The van der Waals surface area contributed by atoms with Gasteiger partial charge in [0.2, 0.25) is 0 Å². The van der Waals surface area contributed by atoms with E-state index in [0.717, 1.165) is 56.3 Å². The number of nitrogens with one attached hydrogen (secondary N) is 1. The molecule has 8 nitrogen and oxygen atoms in total. The smallest absolute Gasteiger partial charge is 0.379 e. The number of benzene rings is 1. The topological polar surface area (TPSA) is 97.1 Å². The molecule has 1 amide bonds. The Hall–Kier alpha value is -3.33. The van der Waals surface area contributed by atoms with Crippen molar-refractivity contribution in [3.05, 3.63) is 59.9 Å². The van der Waals surface area contributed by atoms with Gasteiger partial charge in [-0.15, -0.1) is 0 Å². The van der Waals surface area contributed by atoms with Crippen molar-refractivity contribution in [3.8, 4) is 0 Å². The Labute approximate surface area is 226 Å². The van der Waals surface area contributed by atoms with Crippen LogP contribution in [0, 0.1) is 0 Å². The molecule has 1 aromatic rings. The summed E-state index contributed by atoms with van der Waals surface area (Å²) < 4.78 is 18.0. The molecule has 2 rings (SSSR count). The minimum absolute atomic E-state index is 0.0360. The number of amides is 1. The predicted molar refractivity (Wildman–Crippen MR) is 150 cm³/mol. The van der Waals surface area contributed by atoms with Crippen molar-refractivity contribution in [3.63, 3.8) is 0 Å². The number of rotatable bonds is 15. The van der Waals surface area contributed by atoms with E-state index in [1.165, 1.54) is 18.6 Å². The molecule has 1 aliphatic rings. The molecule has 0 spiro atoms. The molecule has 1 aromatic carbocycles. The van der Waals surface area contributed by atoms with Crippen LogP contribution in [0.5, 0.6) is 0 Å². The highest BCUT2D eigenvalue weighted by Crippen LogP contribution is 2.32. The van der Waals surface area contributed by atoms with Gasteiger partial charge in [0, 0.05) is 23.7 Å². The van der Waals surface area contributed by atoms with Crippen LogP contribution in [0.2, 0.25) is 0 Å². The Morgan fingerprint density at radius 1 is 1.18 bits per heavy atom. The third kappa shape index (κ3) is 10.6. The molecule has 0 bridgehead atoms. The molecule has 0 aliphatic heterocycles. The number of carbonyl (C=O) groups excluding carboxylic acids is 2. The molecule has 210 valence electrons. The van der Waals surface area contributed by atoms with Crippen LogP contribution in [-0.2, 0) is 14.5 Å². The number of ether oxygens (including phenoxy) is 1. The zero-order valence-electron chi connectivity index (χ0n) is 23.0. The number of unbranched alkanes of at least 4 members (excludes halogenated alkanes) is 1. The van der Waals surface area contributed by atoms with Gasteiger partial charge in [-0.05, 0) is 83.1 Å². The highest BCUT2D eigenvalue weighted by Gasteiger charge is 2.24. The fourth-order valence-electron chi connectivity index (χ4n) is 4.46. The van der Waals surface area contributed by atoms with Gasteiger partial charge in [0.05, 0.1) is 22.7 Å². The SMILES string of the molecule is C=C/C(=C\C=C(/C)OCC(=O)NCCCCN(C)C)CN(c1ccc(C(=O)OF)cc1N)C1CCCCC1.